The first-order valence-electron chi connectivity index (χ1n) is 7.90. The lowest BCUT2D eigenvalue weighted by Gasteiger charge is -2.32. The van der Waals surface area contributed by atoms with Gasteiger partial charge >= 0.3 is 0 Å². The Morgan fingerprint density at radius 3 is 2.67 bits per heavy atom. The highest BCUT2D eigenvalue weighted by Gasteiger charge is 2.30. The van der Waals surface area contributed by atoms with E-state index in [0.29, 0.717) is 18.0 Å². The maximum absolute atomic E-state index is 12.8. The maximum atomic E-state index is 12.8. The fraction of sp³-hybridized carbons (Fsp3) is 0.625. The minimum absolute atomic E-state index is 0.270. The Balaban J connectivity index is 1.87. The number of fused-ring (bicyclic) bond motifs is 1. The van der Waals surface area contributed by atoms with E-state index in [1.165, 1.54) is 24.0 Å². The van der Waals surface area contributed by atoms with Crippen LogP contribution in [-0.2, 0) is 22.9 Å². The van der Waals surface area contributed by atoms with Crippen LogP contribution in [0.25, 0.3) is 0 Å². The molecular formula is C16H24N2O2S. The van der Waals surface area contributed by atoms with Crippen LogP contribution in [0.4, 0.5) is 0 Å². The number of hydrogen-bond acceptors (Lipinski definition) is 3. The second kappa shape index (κ2) is 6.07. The Morgan fingerprint density at radius 2 is 1.90 bits per heavy atom. The molecule has 1 N–H and O–H groups in total. The summed E-state index contributed by atoms with van der Waals surface area (Å²) in [6.45, 7) is 1.22. The number of sulfonamides is 1. The van der Waals surface area contributed by atoms with Crippen molar-refractivity contribution in [1.29, 1.82) is 0 Å². The molecule has 3 rings (SSSR count). The summed E-state index contributed by atoms with van der Waals surface area (Å²) in [5, 5.41) is 3.20. The van der Waals surface area contributed by atoms with Crippen molar-refractivity contribution in [3.8, 4) is 0 Å². The van der Waals surface area contributed by atoms with Crippen molar-refractivity contribution in [3.63, 3.8) is 0 Å². The lowest BCUT2D eigenvalue weighted by Crippen LogP contribution is -2.46. The van der Waals surface area contributed by atoms with Crippen LogP contribution in [0, 0.1) is 0 Å². The van der Waals surface area contributed by atoms with Gasteiger partial charge in [-0.2, -0.15) is 4.31 Å². The summed E-state index contributed by atoms with van der Waals surface area (Å²) in [5.41, 5.74) is 2.55. The molecule has 5 heteroatoms. The molecule has 0 amide bonds. The fourth-order valence-corrected chi connectivity index (χ4v) is 4.99. The van der Waals surface area contributed by atoms with Crippen molar-refractivity contribution in [2.45, 2.75) is 49.5 Å². The highest BCUT2D eigenvalue weighted by molar-refractivity contribution is 7.89. The molecule has 4 nitrogen and oxygen atoms in total. The standard InChI is InChI=1S/C16H24N2O2S/c1-17-15-7-4-10-18(12-15)21(19,20)16-9-8-13-5-2-3-6-14(13)11-16/h8-9,11,15,17H,2-7,10,12H2,1H3. The molecule has 2 aliphatic rings. The number of benzene rings is 1. The van der Waals surface area contributed by atoms with Crippen molar-refractivity contribution in [2.75, 3.05) is 20.1 Å². The molecule has 1 saturated heterocycles. The third-order valence-electron chi connectivity index (χ3n) is 4.75. The Kier molecular flexibility index (Phi) is 4.33. The molecule has 1 aromatic rings. The highest BCUT2D eigenvalue weighted by Crippen LogP contribution is 2.27. The summed E-state index contributed by atoms with van der Waals surface area (Å²) in [5.74, 6) is 0. The van der Waals surface area contributed by atoms with Gasteiger partial charge in [0.25, 0.3) is 0 Å². The van der Waals surface area contributed by atoms with Gasteiger partial charge in [0, 0.05) is 19.1 Å². The van der Waals surface area contributed by atoms with Crippen molar-refractivity contribution < 1.29 is 8.42 Å². The van der Waals surface area contributed by atoms with Gasteiger partial charge in [-0.25, -0.2) is 8.42 Å². The third kappa shape index (κ3) is 3.00. The second-order valence-corrected chi connectivity index (χ2v) is 8.07. The number of likely N-dealkylation sites (N-methyl/N-ethyl adjacent to an activating group) is 1. The minimum Gasteiger partial charge on any atom is -0.316 e. The molecule has 0 radical (unpaired) electrons. The number of piperidine rings is 1. The van der Waals surface area contributed by atoms with Crippen molar-refractivity contribution in [1.82, 2.24) is 9.62 Å². The predicted octanol–water partition coefficient (Wildman–Crippen LogP) is 1.94. The monoisotopic (exact) mass is 308 g/mol. The van der Waals surface area contributed by atoms with Crippen molar-refractivity contribution in [2.24, 2.45) is 0 Å². The molecular weight excluding hydrogens is 284 g/mol. The molecule has 1 fully saturated rings. The maximum Gasteiger partial charge on any atom is 0.243 e. The molecule has 1 unspecified atom stereocenters. The molecule has 1 aromatic carbocycles. The van der Waals surface area contributed by atoms with E-state index in [0.717, 1.165) is 25.7 Å². The predicted molar refractivity (Wildman–Crippen MR) is 83.9 cm³/mol. The van der Waals surface area contributed by atoms with Crippen molar-refractivity contribution >= 4 is 10.0 Å². The summed E-state index contributed by atoms with van der Waals surface area (Å²) in [6, 6.07) is 5.99. The van der Waals surface area contributed by atoms with Gasteiger partial charge in [-0.05, 0) is 68.8 Å². The molecule has 0 spiro atoms. The van der Waals surface area contributed by atoms with Gasteiger partial charge in [-0.15, -0.1) is 0 Å². The number of hydrogen-bond donors (Lipinski definition) is 1. The van der Waals surface area contributed by atoms with E-state index >= 15 is 0 Å². The minimum atomic E-state index is -3.35. The Labute approximate surface area is 127 Å². The first kappa shape index (κ1) is 15.0. The van der Waals surface area contributed by atoms with Crippen LogP contribution in [0.5, 0.6) is 0 Å². The summed E-state index contributed by atoms with van der Waals surface area (Å²) >= 11 is 0. The average Bonchev–Trinajstić information content (AvgIpc) is 2.54. The van der Waals surface area contributed by atoms with Gasteiger partial charge in [0.15, 0.2) is 0 Å². The quantitative estimate of drug-likeness (QED) is 0.928. The molecule has 1 aliphatic carbocycles. The lowest BCUT2D eigenvalue weighted by atomic mass is 9.92. The van der Waals surface area contributed by atoms with Crippen LogP contribution >= 0.6 is 0 Å². The number of nitrogens with zero attached hydrogens (tertiary/aromatic N) is 1. The number of rotatable bonds is 3. The molecule has 0 bridgehead atoms. The van der Waals surface area contributed by atoms with Gasteiger partial charge < -0.3 is 5.32 Å². The number of aryl methyl sites for hydroxylation is 2. The molecule has 21 heavy (non-hydrogen) atoms. The van der Waals surface area contributed by atoms with Crippen LogP contribution in [0.2, 0.25) is 0 Å². The van der Waals surface area contributed by atoms with E-state index in [9.17, 15) is 8.42 Å². The van der Waals surface area contributed by atoms with Gasteiger partial charge in [0.2, 0.25) is 10.0 Å². The number of nitrogens with one attached hydrogen (secondary N) is 1. The first-order chi connectivity index (χ1) is 10.1. The van der Waals surface area contributed by atoms with E-state index in [1.54, 1.807) is 10.4 Å². The van der Waals surface area contributed by atoms with E-state index in [4.69, 9.17) is 0 Å². The Hall–Kier alpha value is -0.910. The van der Waals surface area contributed by atoms with E-state index in [2.05, 4.69) is 5.32 Å². The van der Waals surface area contributed by atoms with Gasteiger partial charge in [0.05, 0.1) is 4.90 Å². The molecule has 116 valence electrons. The highest BCUT2D eigenvalue weighted by atomic mass is 32.2. The first-order valence-corrected chi connectivity index (χ1v) is 9.34. The Bertz CT molecular complexity index is 613. The van der Waals surface area contributed by atoms with E-state index < -0.39 is 10.0 Å². The molecule has 1 atom stereocenters. The summed E-state index contributed by atoms with van der Waals surface area (Å²) in [7, 11) is -1.44. The van der Waals surface area contributed by atoms with Gasteiger partial charge in [-0.1, -0.05) is 6.07 Å². The Morgan fingerprint density at radius 1 is 1.14 bits per heavy atom. The molecule has 0 aromatic heterocycles. The third-order valence-corrected chi connectivity index (χ3v) is 6.61. The van der Waals surface area contributed by atoms with Gasteiger partial charge in [0.1, 0.15) is 0 Å². The van der Waals surface area contributed by atoms with Crippen LogP contribution in [-0.4, -0.2) is 38.9 Å². The molecule has 1 heterocycles. The normalized spacial score (nSPS) is 23.8. The van der Waals surface area contributed by atoms with Crippen LogP contribution < -0.4 is 5.32 Å². The lowest BCUT2D eigenvalue weighted by molar-refractivity contribution is 0.293. The smallest absolute Gasteiger partial charge is 0.243 e. The molecule has 1 aliphatic heterocycles. The second-order valence-electron chi connectivity index (χ2n) is 6.13. The van der Waals surface area contributed by atoms with Crippen LogP contribution in [0.15, 0.2) is 23.1 Å². The topological polar surface area (TPSA) is 49.4 Å². The van der Waals surface area contributed by atoms with Gasteiger partial charge in [-0.3, -0.25) is 0 Å². The fourth-order valence-electron chi connectivity index (χ4n) is 3.42. The SMILES string of the molecule is CNC1CCCN(S(=O)(=O)c2ccc3c(c2)CCCC3)C1. The zero-order chi connectivity index (χ0) is 14.9. The van der Waals surface area contributed by atoms with E-state index in [-0.39, 0.29) is 6.04 Å². The summed E-state index contributed by atoms with van der Waals surface area (Å²) in [4.78, 5) is 0.472. The zero-order valence-electron chi connectivity index (χ0n) is 12.6. The summed E-state index contributed by atoms with van der Waals surface area (Å²) in [6.07, 6.45) is 6.46. The van der Waals surface area contributed by atoms with Crippen molar-refractivity contribution in [3.05, 3.63) is 29.3 Å². The zero-order valence-corrected chi connectivity index (χ0v) is 13.5. The average molecular weight is 308 g/mol. The largest absolute Gasteiger partial charge is 0.316 e. The summed E-state index contributed by atoms with van der Waals surface area (Å²) < 4.78 is 27.3. The van der Waals surface area contributed by atoms with Crippen LogP contribution in [0.3, 0.4) is 0 Å². The molecule has 0 saturated carbocycles. The van der Waals surface area contributed by atoms with E-state index in [1.807, 2.05) is 19.2 Å². The van der Waals surface area contributed by atoms with Crippen LogP contribution in [0.1, 0.15) is 36.8 Å².